The van der Waals surface area contributed by atoms with Crippen molar-refractivity contribution in [2.24, 2.45) is 0 Å². The lowest BCUT2D eigenvalue weighted by atomic mass is 9.77. The molecule has 4 heteroatoms. The molecule has 0 radical (unpaired) electrons. The lowest BCUT2D eigenvalue weighted by Crippen LogP contribution is -2.29. The lowest BCUT2D eigenvalue weighted by molar-refractivity contribution is 0.515. The molecule has 2 aromatic rings. The Balaban J connectivity index is 1.59. The van der Waals surface area contributed by atoms with E-state index >= 15 is 0 Å². The van der Waals surface area contributed by atoms with Crippen LogP contribution in [0.1, 0.15) is 35.4 Å². The minimum absolute atomic E-state index is 0.643. The van der Waals surface area contributed by atoms with Gasteiger partial charge in [0.2, 0.25) is 0 Å². The van der Waals surface area contributed by atoms with Crippen molar-refractivity contribution in [3.63, 3.8) is 0 Å². The molecule has 1 aliphatic rings. The highest BCUT2D eigenvalue weighted by molar-refractivity contribution is 6.31. The minimum atomic E-state index is 0.643. The molecule has 3 rings (SSSR count). The van der Waals surface area contributed by atoms with Crippen LogP contribution in [0.3, 0.4) is 0 Å². The number of aryl methyl sites for hydroxylation is 2. The zero-order valence-electron chi connectivity index (χ0n) is 12.0. The molecule has 0 aliphatic heterocycles. The Morgan fingerprint density at radius 2 is 2.20 bits per heavy atom. The molecule has 0 bridgehead atoms. The summed E-state index contributed by atoms with van der Waals surface area (Å²) in [7, 11) is 0. The predicted molar refractivity (Wildman–Crippen MR) is 82.2 cm³/mol. The van der Waals surface area contributed by atoms with E-state index in [1.165, 1.54) is 17.5 Å². The van der Waals surface area contributed by atoms with Crippen LogP contribution in [0.15, 0.2) is 24.3 Å². The fourth-order valence-corrected chi connectivity index (χ4v) is 3.15. The topological polar surface area (TPSA) is 29.9 Å². The number of fused-ring (bicyclic) bond motifs is 1. The predicted octanol–water partition coefficient (Wildman–Crippen LogP) is 3.29. The molecule has 1 N–H and O–H groups in total. The van der Waals surface area contributed by atoms with Crippen molar-refractivity contribution < 1.29 is 0 Å². The van der Waals surface area contributed by atoms with Crippen LogP contribution in [0.25, 0.3) is 0 Å². The third-order valence-electron chi connectivity index (χ3n) is 4.10. The van der Waals surface area contributed by atoms with E-state index < -0.39 is 0 Å². The summed E-state index contributed by atoms with van der Waals surface area (Å²) >= 11 is 6.31. The average molecular weight is 290 g/mol. The van der Waals surface area contributed by atoms with E-state index in [1.54, 1.807) is 0 Å². The third kappa shape index (κ3) is 2.36. The Hall–Kier alpha value is -1.32. The van der Waals surface area contributed by atoms with Gasteiger partial charge in [-0.2, -0.15) is 5.10 Å². The molecule has 1 aromatic carbocycles. The van der Waals surface area contributed by atoms with Gasteiger partial charge in [0, 0.05) is 25.6 Å². The number of halogens is 1. The smallest absolute Gasteiger partial charge is 0.0860 e. The molecule has 1 heterocycles. The summed E-state index contributed by atoms with van der Waals surface area (Å²) in [6.07, 6.45) is 1.18. The SMILES string of the molecule is CCn1nc(C)c(Cl)c1CNCC1Cc2ccccc21. The van der Waals surface area contributed by atoms with Gasteiger partial charge in [-0.25, -0.2) is 0 Å². The molecule has 1 unspecified atom stereocenters. The zero-order valence-corrected chi connectivity index (χ0v) is 12.7. The quantitative estimate of drug-likeness (QED) is 0.915. The first kappa shape index (κ1) is 13.7. The normalized spacial score (nSPS) is 16.9. The molecule has 0 saturated carbocycles. The van der Waals surface area contributed by atoms with Crippen molar-refractivity contribution in [2.45, 2.75) is 39.3 Å². The molecule has 0 amide bonds. The van der Waals surface area contributed by atoms with Gasteiger partial charge < -0.3 is 5.32 Å². The molecule has 1 aromatic heterocycles. The van der Waals surface area contributed by atoms with Gasteiger partial charge in [-0.1, -0.05) is 35.9 Å². The fourth-order valence-electron chi connectivity index (χ4n) is 2.95. The largest absolute Gasteiger partial charge is 0.311 e. The van der Waals surface area contributed by atoms with Gasteiger partial charge in [-0.05, 0) is 31.4 Å². The van der Waals surface area contributed by atoms with E-state index in [1.807, 2.05) is 11.6 Å². The standard InChI is InChI=1S/C16H20ClN3/c1-3-20-15(16(17)11(2)19-20)10-18-9-13-8-12-6-4-5-7-14(12)13/h4-7,13,18H,3,8-10H2,1-2H3. The first-order valence-electron chi connectivity index (χ1n) is 7.21. The van der Waals surface area contributed by atoms with Crippen LogP contribution in [0.5, 0.6) is 0 Å². The molecular formula is C16H20ClN3. The highest BCUT2D eigenvalue weighted by Crippen LogP contribution is 2.34. The van der Waals surface area contributed by atoms with E-state index in [4.69, 9.17) is 11.6 Å². The summed E-state index contributed by atoms with van der Waals surface area (Å²) in [4.78, 5) is 0. The number of aromatic nitrogens is 2. The summed E-state index contributed by atoms with van der Waals surface area (Å²) < 4.78 is 1.99. The van der Waals surface area contributed by atoms with Crippen LogP contribution < -0.4 is 5.32 Å². The van der Waals surface area contributed by atoms with Crippen LogP contribution in [0.2, 0.25) is 5.02 Å². The van der Waals surface area contributed by atoms with Crippen LogP contribution >= 0.6 is 11.6 Å². The van der Waals surface area contributed by atoms with E-state index in [9.17, 15) is 0 Å². The maximum absolute atomic E-state index is 6.31. The molecule has 3 nitrogen and oxygen atoms in total. The Kier molecular flexibility index (Phi) is 3.81. The maximum Gasteiger partial charge on any atom is 0.0860 e. The number of rotatable bonds is 5. The van der Waals surface area contributed by atoms with Gasteiger partial charge in [0.25, 0.3) is 0 Å². The Labute approximate surface area is 124 Å². The molecule has 0 saturated heterocycles. The minimum Gasteiger partial charge on any atom is -0.311 e. The maximum atomic E-state index is 6.31. The highest BCUT2D eigenvalue weighted by Gasteiger charge is 2.24. The van der Waals surface area contributed by atoms with Gasteiger partial charge in [-0.15, -0.1) is 0 Å². The second-order valence-electron chi connectivity index (χ2n) is 5.39. The molecular weight excluding hydrogens is 270 g/mol. The van der Waals surface area contributed by atoms with Crippen LogP contribution in [0.4, 0.5) is 0 Å². The first-order valence-corrected chi connectivity index (χ1v) is 7.58. The third-order valence-corrected chi connectivity index (χ3v) is 4.59. The number of benzene rings is 1. The molecule has 106 valence electrons. The average Bonchev–Trinajstić information content (AvgIpc) is 2.71. The molecule has 0 spiro atoms. The monoisotopic (exact) mass is 289 g/mol. The van der Waals surface area contributed by atoms with Crippen molar-refractivity contribution in [3.8, 4) is 0 Å². The summed E-state index contributed by atoms with van der Waals surface area (Å²) in [6, 6.07) is 8.69. The summed E-state index contributed by atoms with van der Waals surface area (Å²) in [5.74, 6) is 0.643. The Morgan fingerprint density at radius 1 is 1.40 bits per heavy atom. The van der Waals surface area contributed by atoms with Crippen LogP contribution in [-0.4, -0.2) is 16.3 Å². The summed E-state index contributed by atoms with van der Waals surface area (Å²) in [6.45, 7) is 6.69. The second kappa shape index (κ2) is 5.58. The zero-order chi connectivity index (χ0) is 14.1. The van der Waals surface area contributed by atoms with Gasteiger partial charge in [0.05, 0.1) is 16.4 Å². The van der Waals surface area contributed by atoms with Gasteiger partial charge in [0.15, 0.2) is 0 Å². The fraction of sp³-hybridized carbons (Fsp3) is 0.438. The highest BCUT2D eigenvalue weighted by atomic mass is 35.5. The molecule has 0 fully saturated rings. The Morgan fingerprint density at radius 3 is 2.95 bits per heavy atom. The van der Waals surface area contributed by atoms with Gasteiger partial charge in [0.1, 0.15) is 0 Å². The summed E-state index contributed by atoms with van der Waals surface area (Å²) in [5, 5.41) is 8.77. The number of nitrogens with one attached hydrogen (secondary N) is 1. The number of hydrogen-bond donors (Lipinski definition) is 1. The second-order valence-corrected chi connectivity index (χ2v) is 5.77. The van der Waals surface area contributed by atoms with E-state index in [0.717, 1.165) is 36.0 Å². The van der Waals surface area contributed by atoms with Gasteiger partial charge >= 0.3 is 0 Å². The van der Waals surface area contributed by atoms with Crippen LogP contribution in [0, 0.1) is 6.92 Å². The van der Waals surface area contributed by atoms with Crippen molar-refractivity contribution in [1.29, 1.82) is 0 Å². The van der Waals surface area contributed by atoms with E-state index in [-0.39, 0.29) is 0 Å². The summed E-state index contributed by atoms with van der Waals surface area (Å²) in [5.41, 5.74) is 5.00. The number of hydrogen-bond acceptors (Lipinski definition) is 2. The van der Waals surface area contributed by atoms with E-state index in [0.29, 0.717) is 5.92 Å². The molecule has 1 aliphatic carbocycles. The molecule has 20 heavy (non-hydrogen) atoms. The first-order chi connectivity index (χ1) is 9.70. The van der Waals surface area contributed by atoms with Crippen molar-refractivity contribution >= 4 is 11.6 Å². The molecule has 1 atom stereocenters. The van der Waals surface area contributed by atoms with Gasteiger partial charge in [-0.3, -0.25) is 4.68 Å². The number of nitrogens with zero attached hydrogens (tertiary/aromatic N) is 2. The van der Waals surface area contributed by atoms with E-state index in [2.05, 4.69) is 41.6 Å². The lowest BCUT2D eigenvalue weighted by Gasteiger charge is -2.30. The Bertz CT molecular complexity index is 618. The van der Waals surface area contributed by atoms with Crippen molar-refractivity contribution in [3.05, 3.63) is 51.8 Å². The van der Waals surface area contributed by atoms with Crippen molar-refractivity contribution in [2.75, 3.05) is 6.54 Å². The van der Waals surface area contributed by atoms with Crippen LogP contribution in [-0.2, 0) is 19.5 Å². The van der Waals surface area contributed by atoms with Crippen molar-refractivity contribution in [1.82, 2.24) is 15.1 Å².